The van der Waals surface area contributed by atoms with E-state index in [2.05, 4.69) is 18.3 Å². The number of nitrogens with one attached hydrogen (secondary N) is 1. The third kappa shape index (κ3) is 3.84. The van der Waals surface area contributed by atoms with E-state index in [-0.39, 0.29) is 5.91 Å². The number of thiocarbonyl (C=S) groups is 1. The molecule has 1 saturated heterocycles. The number of benzene rings is 2. The van der Waals surface area contributed by atoms with Crippen LogP contribution in [0.15, 0.2) is 35.2 Å². The van der Waals surface area contributed by atoms with Crippen LogP contribution in [0.3, 0.4) is 0 Å². The summed E-state index contributed by atoms with van der Waals surface area (Å²) in [5.74, 6) is 0.424. The Kier molecular flexibility index (Phi) is 5.37. The zero-order valence-corrected chi connectivity index (χ0v) is 15.3. The molecule has 1 heterocycles. The third-order valence-corrected chi connectivity index (χ3v) is 4.96. The molecule has 0 saturated carbocycles. The van der Waals surface area contributed by atoms with Crippen molar-refractivity contribution in [2.45, 2.75) is 19.8 Å². The second-order valence-corrected chi connectivity index (χ2v) is 7.31. The minimum atomic E-state index is -0.180. The second kappa shape index (κ2) is 7.68. The van der Waals surface area contributed by atoms with Crippen molar-refractivity contribution in [3.63, 3.8) is 0 Å². The van der Waals surface area contributed by atoms with Gasteiger partial charge < -0.3 is 10.1 Å². The molecule has 2 aromatic rings. The fraction of sp³-hybridized carbons (Fsp3) is 0.211. The second-order valence-electron chi connectivity index (χ2n) is 5.59. The highest BCUT2D eigenvalue weighted by atomic mass is 32.2. The van der Waals surface area contributed by atoms with Crippen LogP contribution < -0.4 is 10.1 Å². The Bertz CT molecular complexity index is 929. The number of unbranched alkanes of at least 4 members (excludes halogenated alkanes) is 1. The molecule has 0 radical (unpaired) electrons. The van der Waals surface area contributed by atoms with Crippen molar-refractivity contribution in [2.75, 3.05) is 6.61 Å². The van der Waals surface area contributed by atoms with Crippen LogP contribution in [0.5, 0.6) is 5.75 Å². The van der Waals surface area contributed by atoms with Crippen molar-refractivity contribution in [1.82, 2.24) is 5.32 Å². The average molecular weight is 368 g/mol. The van der Waals surface area contributed by atoms with Crippen LogP contribution in [0.2, 0.25) is 0 Å². The lowest BCUT2D eigenvalue weighted by atomic mass is 10.0. The number of fused-ring (bicyclic) bond motifs is 1. The Morgan fingerprint density at radius 2 is 2.16 bits per heavy atom. The summed E-state index contributed by atoms with van der Waals surface area (Å²) in [6.07, 6.45) is 3.75. The van der Waals surface area contributed by atoms with Gasteiger partial charge in [-0.15, -0.1) is 0 Å². The fourth-order valence-electron chi connectivity index (χ4n) is 2.53. The van der Waals surface area contributed by atoms with E-state index in [1.807, 2.05) is 24.3 Å². The van der Waals surface area contributed by atoms with Gasteiger partial charge in [-0.2, -0.15) is 5.26 Å². The summed E-state index contributed by atoms with van der Waals surface area (Å²) in [5.41, 5.74) is 1.38. The first-order valence-electron chi connectivity index (χ1n) is 7.97. The maximum atomic E-state index is 11.8. The van der Waals surface area contributed by atoms with Crippen molar-refractivity contribution in [2.24, 2.45) is 0 Å². The zero-order valence-electron chi connectivity index (χ0n) is 13.7. The molecule has 0 atom stereocenters. The first kappa shape index (κ1) is 17.5. The largest absolute Gasteiger partial charge is 0.492 e. The van der Waals surface area contributed by atoms with E-state index < -0.39 is 0 Å². The van der Waals surface area contributed by atoms with Crippen LogP contribution in [-0.4, -0.2) is 16.8 Å². The van der Waals surface area contributed by atoms with E-state index in [4.69, 9.17) is 17.0 Å². The van der Waals surface area contributed by atoms with Crippen LogP contribution in [0, 0.1) is 11.3 Å². The molecule has 0 bridgehead atoms. The van der Waals surface area contributed by atoms with E-state index in [0.29, 0.717) is 27.1 Å². The number of nitrogens with zero attached hydrogens (tertiary/aromatic N) is 1. The fourth-order valence-corrected chi connectivity index (χ4v) is 3.58. The van der Waals surface area contributed by atoms with E-state index in [0.717, 1.165) is 29.2 Å². The molecule has 1 amide bonds. The number of hydrogen-bond acceptors (Lipinski definition) is 5. The number of nitriles is 1. The molecule has 1 N–H and O–H groups in total. The Morgan fingerprint density at radius 1 is 1.36 bits per heavy atom. The number of carbonyl (C=O) groups is 1. The summed E-state index contributed by atoms with van der Waals surface area (Å²) in [6.45, 7) is 2.67. The first-order valence-corrected chi connectivity index (χ1v) is 9.19. The Morgan fingerprint density at radius 3 is 2.84 bits per heavy atom. The van der Waals surface area contributed by atoms with Gasteiger partial charge in [-0.1, -0.05) is 55.5 Å². The third-order valence-electron chi connectivity index (χ3n) is 3.80. The minimum absolute atomic E-state index is 0.180. The van der Waals surface area contributed by atoms with Gasteiger partial charge in [0.15, 0.2) is 0 Å². The lowest BCUT2D eigenvalue weighted by Crippen LogP contribution is -2.17. The summed E-state index contributed by atoms with van der Waals surface area (Å²) in [4.78, 5) is 12.4. The molecule has 1 aliphatic heterocycles. The highest BCUT2D eigenvalue weighted by Gasteiger charge is 2.22. The van der Waals surface area contributed by atoms with Gasteiger partial charge in [-0.25, -0.2) is 0 Å². The Hall–Kier alpha value is -2.36. The number of rotatable bonds is 5. The van der Waals surface area contributed by atoms with Gasteiger partial charge in [0.05, 0.1) is 17.1 Å². The van der Waals surface area contributed by atoms with E-state index in [9.17, 15) is 10.1 Å². The molecule has 4 nitrogen and oxygen atoms in total. The topological polar surface area (TPSA) is 62.1 Å². The molecule has 0 spiro atoms. The average Bonchev–Trinajstić information content (AvgIpc) is 2.92. The molecule has 0 aromatic heterocycles. The summed E-state index contributed by atoms with van der Waals surface area (Å²) in [6, 6.07) is 11.7. The van der Waals surface area contributed by atoms with Crippen LogP contribution in [0.25, 0.3) is 16.8 Å². The summed E-state index contributed by atoms with van der Waals surface area (Å²) >= 11 is 6.26. The number of ether oxygens (including phenoxy) is 1. The smallest absolute Gasteiger partial charge is 0.263 e. The van der Waals surface area contributed by atoms with Crippen molar-refractivity contribution < 1.29 is 9.53 Å². The highest BCUT2D eigenvalue weighted by molar-refractivity contribution is 8.26. The summed E-state index contributed by atoms with van der Waals surface area (Å²) in [7, 11) is 0. The van der Waals surface area contributed by atoms with Crippen molar-refractivity contribution in [3.05, 3.63) is 46.4 Å². The van der Waals surface area contributed by atoms with E-state index >= 15 is 0 Å². The van der Waals surface area contributed by atoms with Crippen molar-refractivity contribution >= 4 is 51.1 Å². The monoisotopic (exact) mass is 368 g/mol. The van der Waals surface area contributed by atoms with Crippen LogP contribution >= 0.6 is 24.0 Å². The van der Waals surface area contributed by atoms with Gasteiger partial charge in [-0.05, 0) is 35.6 Å². The quantitative estimate of drug-likeness (QED) is 0.482. The number of carbonyl (C=O) groups excluding carboxylic acids is 1. The van der Waals surface area contributed by atoms with E-state index in [1.165, 1.54) is 11.8 Å². The first-order chi connectivity index (χ1) is 12.1. The molecule has 0 unspecified atom stereocenters. The number of thioether (sulfide) groups is 1. The summed E-state index contributed by atoms with van der Waals surface area (Å²) in [5, 5.41) is 13.9. The Balaban J connectivity index is 2.04. The van der Waals surface area contributed by atoms with E-state index in [1.54, 1.807) is 12.1 Å². The number of amides is 1. The van der Waals surface area contributed by atoms with Gasteiger partial charge in [-0.3, -0.25) is 4.79 Å². The Labute approximate surface area is 155 Å². The van der Waals surface area contributed by atoms with Crippen LogP contribution in [0.4, 0.5) is 0 Å². The zero-order chi connectivity index (χ0) is 17.8. The van der Waals surface area contributed by atoms with Gasteiger partial charge in [0, 0.05) is 5.39 Å². The van der Waals surface area contributed by atoms with Gasteiger partial charge in [0.1, 0.15) is 16.1 Å². The normalized spacial score (nSPS) is 15.4. The van der Waals surface area contributed by atoms with Gasteiger partial charge >= 0.3 is 0 Å². The lowest BCUT2D eigenvalue weighted by molar-refractivity contribution is -0.115. The molecule has 6 heteroatoms. The molecule has 1 fully saturated rings. The summed E-state index contributed by atoms with van der Waals surface area (Å²) < 4.78 is 6.36. The maximum absolute atomic E-state index is 11.8. The molecule has 0 aliphatic carbocycles. The lowest BCUT2D eigenvalue weighted by Gasteiger charge is -2.11. The standard InChI is InChI=1S/C19H16N2O2S2/c1-2-3-8-23-17-14(11-20)7-6-13-5-4-12(9-15(13)17)10-16-18(22)21-19(24)25-16/h4-7,9-10H,2-3,8H2,1H3,(H,21,22,24)/b16-10+. The molecular formula is C19H16N2O2S2. The SMILES string of the molecule is CCCCOc1c(C#N)ccc2ccc(/C=C3/SC(=S)NC3=O)cc12. The number of hydrogen-bond donors (Lipinski definition) is 1. The molecular weight excluding hydrogens is 352 g/mol. The predicted octanol–water partition coefficient (Wildman–Crippen LogP) is 4.38. The molecule has 25 heavy (non-hydrogen) atoms. The van der Waals surface area contributed by atoms with Crippen LogP contribution in [0.1, 0.15) is 30.9 Å². The minimum Gasteiger partial charge on any atom is -0.492 e. The maximum Gasteiger partial charge on any atom is 0.263 e. The molecule has 126 valence electrons. The van der Waals surface area contributed by atoms with Crippen molar-refractivity contribution in [3.8, 4) is 11.8 Å². The molecule has 2 aromatic carbocycles. The molecule has 1 aliphatic rings. The predicted molar refractivity (Wildman–Crippen MR) is 105 cm³/mol. The highest BCUT2D eigenvalue weighted by Crippen LogP contribution is 2.32. The van der Waals surface area contributed by atoms with Crippen molar-refractivity contribution in [1.29, 1.82) is 5.26 Å². The van der Waals surface area contributed by atoms with Crippen LogP contribution in [-0.2, 0) is 4.79 Å². The van der Waals surface area contributed by atoms with Gasteiger partial charge in [0.25, 0.3) is 5.91 Å². The molecule has 3 rings (SSSR count). The van der Waals surface area contributed by atoms with Gasteiger partial charge in [0.2, 0.25) is 0 Å².